The van der Waals surface area contributed by atoms with Gasteiger partial charge in [-0.05, 0) is 46.5 Å². The molecule has 0 aromatic heterocycles. The Kier molecular flexibility index (Phi) is 2.85. The van der Waals surface area contributed by atoms with Crippen molar-refractivity contribution in [1.82, 2.24) is 9.80 Å². The molecule has 2 aliphatic heterocycles. The minimum Gasteiger partial charge on any atom is -0.300 e. The van der Waals surface area contributed by atoms with Gasteiger partial charge in [0.25, 0.3) is 0 Å². The Morgan fingerprint density at radius 2 is 1.40 bits per heavy atom. The maximum Gasteiger partial charge on any atom is 0.0125 e. The van der Waals surface area contributed by atoms with Crippen molar-refractivity contribution in [3.63, 3.8) is 0 Å². The molecule has 0 saturated carbocycles. The Hall–Kier alpha value is -0.0800. The lowest BCUT2D eigenvalue weighted by atomic mass is 10.0. The average Bonchev–Trinajstić information content (AvgIpc) is 2.55. The molecule has 88 valence electrons. The average molecular weight is 210 g/mol. The highest BCUT2D eigenvalue weighted by Crippen LogP contribution is 2.35. The maximum absolute atomic E-state index is 2.67. The van der Waals surface area contributed by atoms with E-state index in [0.29, 0.717) is 5.54 Å². The highest BCUT2D eigenvalue weighted by molar-refractivity contribution is 4.96. The molecule has 0 amide bonds. The van der Waals surface area contributed by atoms with Gasteiger partial charge in [0.15, 0.2) is 0 Å². The van der Waals surface area contributed by atoms with E-state index in [1.54, 1.807) is 0 Å². The van der Waals surface area contributed by atoms with Gasteiger partial charge in [-0.2, -0.15) is 0 Å². The molecule has 15 heavy (non-hydrogen) atoms. The molecule has 2 nitrogen and oxygen atoms in total. The molecule has 0 radical (unpaired) electrons. The Bertz CT molecular complexity index is 215. The lowest BCUT2D eigenvalue weighted by Gasteiger charge is -2.33. The number of fused-ring (bicyclic) bond motifs is 1. The first-order valence-corrected chi connectivity index (χ1v) is 6.37. The van der Waals surface area contributed by atoms with E-state index in [1.807, 2.05) is 0 Å². The van der Waals surface area contributed by atoms with Crippen LogP contribution in [0.15, 0.2) is 0 Å². The molecule has 2 saturated heterocycles. The van der Waals surface area contributed by atoms with Crippen LogP contribution in [0.5, 0.6) is 0 Å². The van der Waals surface area contributed by atoms with Gasteiger partial charge in [0, 0.05) is 37.8 Å². The van der Waals surface area contributed by atoms with Crippen LogP contribution in [0.1, 0.15) is 34.6 Å². The monoisotopic (exact) mass is 210 g/mol. The maximum atomic E-state index is 2.67. The second-order valence-corrected chi connectivity index (χ2v) is 6.64. The van der Waals surface area contributed by atoms with E-state index in [4.69, 9.17) is 0 Å². The SMILES string of the molecule is CC(C)N1C[C@@H]2CN(C(C)(C)C)C[C@@H]2C1. The molecule has 2 fully saturated rings. The molecular weight excluding hydrogens is 184 g/mol. The fourth-order valence-electron chi connectivity index (χ4n) is 3.00. The molecule has 0 aromatic carbocycles. The van der Waals surface area contributed by atoms with Crippen molar-refractivity contribution >= 4 is 0 Å². The molecule has 0 aromatic rings. The van der Waals surface area contributed by atoms with E-state index in [0.717, 1.165) is 17.9 Å². The van der Waals surface area contributed by atoms with Crippen LogP contribution in [-0.4, -0.2) is 47.6 Å². The molecule has 2 heterocycles. The summed E-state index contributed by atoms with van der Waals surface area (Å²) in [7, 11) is 0. The fraction of sp³-hybridized carbons (Fsp3) is 1.00. The first-order valence-electron chi connectivity index (χ1n) is 6.37. The third kappa shape index (κ3) is 2.21. The zero-order chi connectivity index (χ0) is 11.2. The van der Waals surface area contributed by atoms with Gasteiger partial charge in [0.1, 0.15) is 0 Å². The summed E-state index contributed by atoms with van der Waals surface area (Å²) in [5.41, 5.74) is 0.368. The molecule has 0 spiro atoms. The zero-order valence-corrected chi connectivity index (χ0v) is 11.0. The number of nitrogens with zero attached hydrogens (tertiary/aromatic N) is 2. The van der Waals surface area contributed by atoms with Crippen molar-refractivity contribution < 1.29 is 0 Å². The van der Waals surface area contributed by atoms with Gasteiger partial charge in [0.05, 0.1) is 0 Å². The summed E-state index contributed by atoms with van der Waals surface area (Å²) in [6, 6.07) is 0.735. The first kappa shape index (κ1) is 11.4. The van der Waals surface area contributed by atoms with E-state index >= 15 is 0 Å². The molecular formula is C13H26N2. The van der Waals surface area contributed by atoms with E-state index in [9.17, 15) is 0 Å². The van der Waals surface area contributed by atoms with Crippen LogP contribution >= 0.6 is 0 Å². The topological polar surface area (TPSA) is 6.48 Å². The lowest BCUT2D eigenvalue weighted by Crippen LogP contribution is -2.42. The highest BCUT2D eigenvalue weighted by atomic mass is 15.3. The summed E-state index contributed by atoms with van der Waals surface area (Å²) in [6.45, 7) is 17.0. The third-order valence-corrected chi connectivity index (χ3v) is 4.19. The van der Waals surface area contributed by atoms with Gasteiger partial charge in [-0.15, -0.1) is 0 Å². The normalized spacial score (nSPS) is 34.0. The van der Waals surface area contributed by atoms with Crippen molar-refractivity contribution in [2.24, 2.45) is 11.8 Å². The largest absolute Gasteiger partial charge is 0.300 e. The smallest absolute Gasteiger partial charge is 0.0125 e. The zero-order valence-electron chi connectivity index (χ0n) is 11.0. The van der Waals surface area contributed by atoms with E-state index in [1.165, 1.54) is 26.2 Å². The van der Waals surface area contributed by atoms with Crippen LogP contribution in [-0.2, 0) is 0 Å². The highest BCUT2D eigenvalue weighted by Gasteiger charge is 2.43. The summed E-state index contributed by atoms with van der Waals surface area (Å²) in [5.74, 6) is 1.87. The molecule has 2 heteroatoms. The fourth-order valence-corrected chi connectivity index (χ4v) is 3.00. The van der Waals surface area contributed by atoms with Crippen molar-refractivity contribution in [1.29, 1.82) is 0 Å². The summed E-state index contributed by atoms with van der Waals surface area (Å²) in [4.78, 5) is 5.31. The van der Waals surface area contributed by atoms with E-state index in [2.05, 4.69) is 44.4 Å². The Morgan fingerprint density at radius 3 is 1.73 bits per heavy atom. The van der Waals surface area contributed by atoms with Gasteiger partial charge in [-0.3, -0.25) is 4.90 Å². The minimum absolute atomic E-state index is 0.368. The van der Waals surface area contributed by atoms with Gasteiger partial charge in [0.2, 0.25) is 0 Å². The third-order valence-electron chi connectivity index (χ3n) is 4.19. The number of hydrogen-bond donors (Lipinski definition) is 0. The van der Waals surface area contributed by atoms with Crippen LogP contribution in [0.4, 0.5) is 0 Å². The van der Waals surface area contributed by atoms with Crippen molar-refractivity contribution in [2.45, 2.75) is 46.2 Å². The van der Waals surface area contributed by atoms with Gasteiger partial charge in [-0.1, -0.05) is 0 Å². The van der Waals surface area contributed by atoms with E-state index < -0.39 is 0 Å². The van der Waals surface area contributed by atoms with Gasteiger partial charge >= 0.3 is 0 Å². The standard InChI is InChI=1S/C13H26N2/c1-10(2)14-6-11-8-15(13(3,4)5)9-12(11)7-14/h10-12H,6-9H2,1-5H3/t11-,12+. The predicted molar refractivity (Wildman–Crippen MR) is 65.0 cm³/mol. The molecule has 2 atom stereocenters. The van der Waals surface area contributed by atoms with Crippen LogP contribution in [0, 0.1) is 11.8 Å². The lowest BCUT2D eigenvalue weighted by molar-refractivity contribution is 0.143. The Balaban J connectivity index is 1.94. The molecule has 0 aliphatic carbocycles. The van der Waals surface area contributed by atoms with Crippen LogP contribution in [0.2, 0.25) is 0 Å². The number of likely N-dealkylation sites (tertiary alicyclic amines) is 2. The van der Waals surface area contributed by atoms with Crippen LogP contribution in [0.3, 0.4) is 0 Å². The quantitative estimate of drug-likeness (QED) is 0.653. The first-order chi connectivity index (χ1) is 6.88. The molecule has 2 rings (SSSR count). The molecule has 2 aliphatic rings. The molecule has 0 unspecified atom stereocenters. The minimum atomic E-state index is 0.368. The summed E-state index contributed by atoms with van der Waals surface area (Å²) in [5, 5.41) is 0. The number of rotatable bonds is 1. The molecule has 0 bridgehead atoms. The van der Waals surface area contributed by atoms with Gasteiger partial charge < -0.3 is 4.90 Å². The van der Waals surface area contributed by atoms with Gasteiger partial charge in [-0.25, -0.2) is 0 Å². The second-order valence-electron chi connectivity index (χ2n) is 6.64. The summed E-state index contributed by atoms with van der Waals surface area (Å²) >= 11 is 0. The van der Waals surface area contributed by atoms with E-state index in [-0.39, 0.29) is 0 Å². The summed E-state index contributed by atoms with van der Waals surface area (Å²) in [6.07, 6.45) is 0. The van der Waals surface area contributed by atoms with Crippen LogP contribution < -0.4 is 0 Å². The number of hydrogen-bond acceptors (Lipinski definition) is 2. The van der Waals surface area contributed by atoms with Crippen LogP contribution in [0.25, 0.3) is 0 Å². The Morgan fingerprint density at radius 1 is 0.933 bits per heavy atom. The predicted octanol–water partition coefficient (Wildman–Crippen LogP) is 2.06. The van der Waals surface area contributed by atoms with Crippen molar-refractivity contribution in [3.05, 3.63) is 0 Å². The van der Waals surface area contributed by atoms with Crippen molar-refractivity contribution in [2.75, 3.05) is 26.2 Å². The molecule has 0 N–H and O–H groups in total. The second kappa shape index (κ2) is 3.74. The van der Waals surface area contributed by atoms with Crippen molar-refractivity contribution in [3.8, 4) is 0 Å². The Labute approximate surface area is 94.6 Å². The summed E-state index contributed by atoms with van der Waals surface area (Å²) < 4.78 is 0.